The highest BCUT2D eigenvalue weighted by Gasteiger charge is 2.29. The summed E-state index contributed by atoms with van der Waals surface area (Å²) < 4.78 is 30.2. The summed E-state index contributed by atoms with van der Waals surface area (Å²) in [6.07, 6.45) is 3.42. The number of halogens is 2. The minimum atomic E-state index is -0.500. The molecule has 194 valence electrons. The molecule has 0 N–H and O–H groups in total. The summed E-state index contributed by atoms with van der Waals surface area (Å²) in [6.45, 7) is 3.98. The van der Waals surface area contributed by atoms with Crippen LogP contribution < -0.4 is 0 Å². The topological polar surface area (TPSA) is 62.9 Å². The zero-order valence-electron chi connectivity index (χ0n) is 21.5. The molecule has 38 heavy (non-hydrogen) atoms. The number of carbonyl (C=O) groups excluding carboxylic acids is 1. The van der Waals surface area contributed by atoms with E-state index in [1.165, 1.54) is 18.2 Å². The largest absolute Gasteiger partial charge is 0.306 e. The van der Waals surface area contributed by atoms with Gasteiger partial charge in [-0.15, -0.1) is 0 Å². The number of pyridine rings is 1. The second kappa shape index (κ2) is 9.83. The van der Waals surface area contributed by atoms with Crippen LogP contribution in [0.2, 0.25) is 0 Å². The molecule has 2 aliphatic rings. The van der Waals surface area contributed by atoms with Crippen molar-refractivity contribution < 1.29 is 13.6 Å². The van der Waals surface area contributed by atoms with Crippen molar-refractivity contribution in [2.45, 2.75) is 32.7 Å². The number of likely N-dealkylation sites (tertiary alicyclic amines) is 1. The number of carbonyl (C=O) groups is 1. The van der Waals surface area contributed by atoms with E-state index in [-0.39, 0.29) is 23.2 Å². The van der Waals surface area contributed by atoms with E-state index in [1.54, 1.807) is 4.52 Å². The molecular formula is C30H29F2N5O. The Bertz CT molecular complexity index is 1560. The van der Waals surface area contributed by atoms with Gasteiger partial charge in [0.1, 0.15) is 17.5 Å². The van der Waals surface area contributed by atoms with Crippen molar-refractivity contribution in [1.82, 2.24) is 19.5 Å². The van der Waals surface area contributed by atoms with Crippen LogP contribution in [0.5, 0.6) is 0 Å². The number of hydrogen-bond acceptors (Lipinski definition) is 5. The van der Waals surface area contributed by atoms with Crippen LogP contribution in [0.4, 0.5) is 8.78 Å². The Morgan fingerprint density at radius 3 is 2.66 bits per heavy atom. The molecule has 0 radical (unpaired) electrons. The first-order chi connectivity index (χ1) is 18.3. The predicted molar refractivity (Wildman–Crippen MR) is 142 cm³/mol. The Balaban J connectivity index is 1.18. The minimum Gasteiger partial charge on any atom is -0.306 e. The molecule has 8 heteroatoms. The number of ketones is 1. The van der Waals surface area contributed by atoms with Crippen LogP contribution in [0, 0.1) is 30.4 Å². The van der Waals surface area contributed by atoms with Gasteiger partial charge in [-0.25, -0.2) is 18.3 Å². The highest BCUT2D eigenvalue weighted by Crippen LogP contribution is 2.30. The molecular weight excluding hydrogens is 484 g/mol. The smallest absolute Gasteiger partial charge is 0.163 e. The van der Waals surface area contributed by atoms with E-state index in [9.17, 15) is 13.6 Å². The molecule has 0 spiro atoms. The number of nitrogens with zero attached hydrogens (tertiary/aromatic N) is 5. The number of fused-ring (bicyclic) bond motifs is 2. The highest BCUT2D eigenvalue weighted by atomic mass is 19.1. The summed E-state index contributed by atoms with van der Waals surface area (Å²) in [5.74, 6) is 0.00238. The van der Waals surface area contributed by atoms with Gasteiger partial charge in [-0.05, 0) is 74.5 Å². The van der Waals surface area contributed by atoms with Gasteiger partial charge in [0.25, 0.3) is 0 Å². The van der Waals surface area contributed by atoms with Crippen LogP contribution in [0.3, 0.4) is 0 Å². The van der Waals surface area contributed by atoms with E-state index in [0.717, 1.165) is 47.6 Å². The van der Waals surface area contributed by atoms with Gasteiger partial charge in [0.2, 0.25) is 0 Å². The lowest BCUT2D eigenvalue weighted by Crippen LogP contribution is -2.39. The standard InChI is InChI=1S/C30H29F2N5O/c1-18-34-29-9-8-23(17-37(29)35-18)30-24-13-21(6-7-22(24)14-33-30)28(38)12-20-10-19(15-36(2)16-20)11-25-26(31)4-3-5-27(25)32/h3-9,13,17,19-20H,10-12,14-16H2,1-2H3/t19-,20-/m0/s1. The van der Waals surface area contributed by atoms with Gasteiger partial charge in [0, 0.05) is 48.0 Å². The Hall–Kier alpha value is -3.78. The molecule has 1 saturated heterocycles. The quantitative estimate of drug-likeness (QED) is 0.339. The maximum Gasteiger partial charge on any atom is 0.163 e. The molecule has 4 heterocycles. The molecule has 6 nitrogen and oxygen atoms in total. The van der Waals surface area contributed by atoms with E-state index in [1.807, 2.05) is 50.5 Å². The maximum absolute atomic E-state index is 14.2. The van der Waals surface area contributed by atoms with Gasteiger partial charge >= 0.3 is 0 Å². The molecule has 0 saturated carbocycles. The molecule has 0 bridgehead atoms. The summed E-state index contributed by atoms with van der Waals surface area (Å²) in [5.41, 5.74) is 5.44. The average molecular weight is 514 g/mol. The SMILES string of the molecule is Cc1nc2ccc(C3=NCc4ccc(C(=O)C[C@@H]5C[C@@H](Cc6c(F)cccc6F)CN(C)C5)cc43)cn2n1. The molecule has 0 unspecified atom stereocenters. The molecule has 4 aromatic rings. The first-order valence-electron chi connectivity index (χ1n) is 13.0. The van der Waals surface area contributed by atoms with E-state index >= 15 is 0 Å². The summed E-state index contributed by atoms with van der Waals surface area (Å²) in [5, 5.41) is 4.41. The van der Waals surface area contributed by atoms with Crippen LogP contribution in [0.15, 0.2) is 59.7 Å². The lowest BCUT2D eigenvalue weighted by Gasteiger charge is -2.35. The van der Waals surface area contributed by atoms with Crippen molar-refractivity contribution in [2.24, 2.45) is 16.8 Å². The molecule has 2 aromatic carbocycles. The number of piperidine rings is 1. The third kappa shape index (κ3) is 4.76. The lowest BCUT2D eigenvalue weighted by atomic mass is 9.82. The van der Waals surface area contributed by atoms with Gasteiger partial charge in [-0.3, -0.25) is 9.79 Å². The summed E-state index contributed by atoms with van der Waals surface area (Å²) >= 11 is 0. The fraction of sp³-hybridized carbons (Fsp3) is 0.333. The first kappa shape index (κ1) is 24.6. The maximum atomic E-state index is 14.2. The second-order valence-electron chi connectivity index (χ2n) is 10.6. The van der Waals surface area contributed by atoms with E-state index < -0.39 is 11.6 Å². The van der Waals surface area contributed by atoms with E-state index in [0.29, 0.717) is 30.8 Å². The summed E-state index contributed by atoms with van der Waals surface area (Å²) in [7, 11) is 2.01. The van der Waals surface area contributed by atoms with Crippen LogP contribution in [0.1, 0.15) is 51.3 Å². The Morgan fingerprint density at radius 2 is 1.84 bits per heavy atom. The summed E-state index contributed by atoms with van der Waals surface area (Å²) in [6, 6.07) is 13.8. The van der Waals surface area contributed by atoms with Crippen LogP contribution in [0.25, 0.3) is 5.65 Å². The molecule has 6 rings (SSSR count). The lowest BCUT2D eigenvalue weighted by molar-refractivity contribution is 0.0892. The van der Waals surface area contributed by atoms with Crippen molar-refractivity contribution in [3.05, 3.63) is 100 Å². The Morgan fingerprint density at radius 1 is 1.05 bits per heavy atom. The first-order valence-corrected chi connectivity index (χ1v) is 13.0. The van der Waals surface area contributed by atoms with Crippen molar-refractivity contribution in [3.8, 4) is 0 Å². The number of aromatic nitrogens is 3. The number of Topliss-reactive ketones (excluding diaryl/α,β-unsaturated/α-hetero) is 1. The normalized spacial score (nSPS) is 19.5. The van der Waals surface area contributed by atoms with Crippen molar-refractivity contribution >= 4 is 17.1 Å². The molecule has 1 fully saturated rings. The zero-order chi connectivity index (χ0) is 26.4. The average Bonchev–Trinajstić information content (AvgIpc) is 3.47. The monoisotopic (exact) mass is 513 g/mol. The third-order valence-corrected chi connectivity index (χ3v) is 7.64. The van der Waals surface area contributed by atoms with Crippen molar-refractivity contribution in [1.29, 1.82) is 0 Å². The molecule has 0 aliphatic carbocycles. The van der Waals surface area contributed by atoms with Gasteiger partial charge in [0.15, 0.2) is 11.4 Å². The third-order valence-electron chi connectivity index (χ3n) is 7.64. The molecule has 2 atom stereocenters. The fourth-order valence-electron chi connectivity index (χ4n) is 6.01. The number of aryl methyl sites for hydroxylation is 1. The Kier molecular flexibility index (Phi) is 6.35. The number of hydrogen-bond donors (Lipinski definition) is 0. The number of aliphatic imine (C=N–C) groups is 1. The molecule has 2 aliphatic heterocycles. The van der Waals surface area contributed by atoms with Crippen molar-refractivity contribution in [2.75, 3.05) is 20.1 Å². The van der Waals surface area contributed by atoms with E-state index in [2.05, 4.69) is 15.0 Å². The minimum absolute atomic E-state index is 0.0810. The van der Waals surface area contributed by atoms with Crippen LogP contribution in [-0.4, -0.2) is 51.1 Å². The second-order valence-corrected chi connectivity index (χ2v) is 10.6. The van der Waals surface area contributed by atoms with Crippen LogP contribution in [-0.2, 0) is 13.0 Å². The number of rotatable bonds is 6. The zero-order valence-corrected chi connectivity index (χ0v) is 21.5. The van der Waals surface area contributed by atoms with Crippen molar-refractivity contribution in [3.63, 3.8) is 0 Å². The fourth-order valence-corrected chi connectivity index (χ4v) is 6.01. The summed E-state index contributed by atoms with van der Waals surface area (Å²) in [4.78, 5) is 24.7. The highest BCUT2D eigenvalue weighted by molar-refractivity contribution is 6.16. The molecule has 0 amide bonds. The predicted octanol–water partition coefficient (Wildman–Crippen LogP) is 5.05. The number of benzene rings is 2. The van der Waals surface area contributed by atoms with E-state index in [4.69, 9.17) is 4.99 Å². The van der Waals surface area contributed by atoms with Crippen LogP contribution >= 0.6 is 0 Å². The van der Waals surface area contributed by atoms with Gasteiger partial charge < -0.3 is 4.90 Å². The molecule has 2 aromatic heterocycles. The Labute approximate surface area is 220 Å². The van der Waals surface area contributed by atoms with Gasteiger partial charge in [0.05, 0.1) is 12.3 Å². The van der Waals surface area contributed by atoms with Gasteiger partial charge in [-0.2, -0.15) is 5.10 Å². The van der Waals surface area contributed by atoms with Gasteiger partial charge in [-0.1, -0.05) is 18.2 Å².